The zero-order chi connectivity index (χ0) is 21.2. The summed E-state index contributed by atoms with van der Waals surface area (Å²) >= 11 is 0. The van der Waals surface area contributed by atoms with Crippen LogP contribution in [0.3, 0.4) is 0 Å². The van der Waals surface area contributed by atoms with Gasteiger partial charge < -0.3 is 15.5 Å². The van der Waals surface area contributed by atoms with Gasteiger partial charge in [-0.2, -0.15) is 0 Å². The minimum Gasteiger partial charge on any atom is -0.355 e. The fourth-order valence-electron chi connectivity index (χ4n) is 3.52. The first-order valence-corrected chi connectivity index (χ1v) is 10.2. The molecule has 0 radical (unpaired) electrons. The number of carbonyl (C=O) groups excluding carboxylic acids is 5. The molecule has 162 valence electrons. The molecule has 2 fully saturated rings. The van der Waals surface area contributed by atoms with Gasteiger partial charge in [0.1, 0.15) is 0 Å². The van der Waals surface area contributed by atoms with Crippen molar-refractivity contribution in [3.05, 3.63) is 0 Å². The highest BCUT2D eigenvalue weighted by atomic mass is 16.8. The topological polar surface area (TPSA) is 125 Å². The lowest BCUT2D eigenvalue weighted by molar-refractivity contribution is -0.197. The van der Waals surface area contributed by atoms with Crippen LogP contribution in [0.5, 0.6) is 0 Å². The van der Waals surface area contributed by atoms with Gasteiger partial charge in [0.05, 0.1) is 13.0 Å². The van der Waals surface area contributed by atoms with Crippen molar-refractivity contribution in [3.8, 4) is 0 Å². The maximum absolute atomic E-state index is 12.0. The van der Waals surface area contributed by atoms with Crippen molar-refractivity contribution in [2.24, 2.45) is 0 Å². The van der Waals surface area contributed by atoms with Gasteiger partial charge in [-0.3, -0.25) is 24.1 Å². The number of likely N-dealkylation sites (tertiary alicyclic amines) is 1. The summed E-state index contributed by atoms with van der Waals surface area (Å²) in [5, 5.41) is 5.76. The first-order valence-electron chi connectivity index (χ1n) is 10.2. The number of amides is 4. The van der Waals surface area contributed by atoms with E-state index in [1.54, 1.807) is 0 Å². The van der Waals surface area contributed by atoms with Gasteiger partial charge in [-0.1, -0.05) is 13.3 Å². The van der Waals surface area contributed by atoms with Crippen LogP contribution in [0.15, 0.2) is 0 Å². The molecule has 2 N–H and O–H groups in total. The number of hydrogen-bond acceptors (Lipinski definition) is 7. The van der Waals surface area contributed by atoms with E-state index in [4.69, 9.17) is 4.84 Å². The van der Waals surface area contributed by atoms with E-state index in [0.29, 0.717) is 17.6 Å². The van der Waals surface area contributed by atoms with Gasteiger partial charge in [-0.05, 0) is 25.8 Å². The Morgan fingerprint density at radius 1 is 1.03 bits per heavy atom. The van der Waals surface area contributed by atoms with E-state index in [1.165, 1.54) is 0 Å². The maximum atomic E-state index is 12.0. The van der Waals surface area contributed by atoms with Crippen molar-refractivity contribution in [1.82, 2.24) is 20.6 Å². The maximum Gasteiger partial charge on any atom is 0.334 e. The quantitative estimate of drug-likeness (QED) is 0.272. The van der Waals surface area contributed by atoms with Crippen LogP contribution in [0, 0.1) is 0 Å². The zero-order valence-corrected chi connectivity index (χ0v) is 16.9. The largest absolute Gasteiger partial charge is 0.355 e. The second-order valence-electron chi connectivity index (χ2n) is 7.30. The Morgan fingerprint density at radius 2 is 1.69 bits per heavy atom. The minimum absolute atomic E-state index is 0.0221. The van der Waals surface area contributed by atoms with E-state index in [0.717, 1.165) is 32.2 Å². The molecule has 2 heterocycles. The highest BCUT2D eigenvalue weighted by Gasteiger charge is 2.32. The van der Waals surface area contributed by atoms with E-state index in [-0.39, 0.29) is 50.6 Å². The first kappa shape index (κ1) is 22.8. The summed E-state index contributed by atoms with van der Waals surface area (Å²) in [6.45, 7) is 3.67. The highest BCUT2D eigenvalue weighted by Crippen LogP contribution is 2.20. The summed E-state index contributed by atoms with van der Waals surface area (Å²) in [5.41, 5.74) is 0. The molecule has 2 aliphatic rings. The molecule has 0 bridgehead atoms. The van der Waals surface area contributed by atoms with Crippen molar-refractivity contribution in [1.29, 1.82) is 0 Å². The molecule has 0 saturated carbocycles. The number of nitrogens with one attached hydrogen (secondary N) is 2. The molecule has 10 heteroatoms. The van der Waals surface area contributed by atoms with Gasteiger partial charge in [-0.15, -0.1) is 5.06 Å². The fourth-order valence-corrected chi connectivity index (χ4v) is 3.52. The third kappa shape index (κ3) is 7.45. The summed E-state index contributed by atoms with van der Waals surface area (Å²) in [5.74, 6) is -2.26. The summed E-state index contributed by atoms with van der Waals surface area (Å²) in [6, 6.07) is 0.472. The molecule has 29 heavy (non-hydrogen) atoms. The first-order chi connectivity index (χ1) is 13.9. The lowest BCUT2D eigenvalue weighted by Crippen LogP contribution is -2.41. The Bertz CT molecular complexity index is 622. The van der Waals surface area contributed by atoms with E-state index < -0.39 is 17.8 Å². The molecule has 1 unspecified atom stereocenters. The second kappa shape index (κ2) is 11.5. The lowest BCUT2D eigenvalue weighted by Gasteiger charge is -2.23. The van der Waals surface area contributed by atoms with Crippen LogP contribution < -0.4 is 10.6 Å². The van der Waals surface area contributed by atoms with Gasteiger partial charge in [0, 0.05) is 38.4 Å². The molecule has 2 rings (SSSR count). The number of rotatable bonds is 11. The third-order valence-electron chi connectivity index (χ3n) is 4.99. The molecule has 0 aromatic carbocycles. The van der Waals surface area contributed by atoms with Gasteiger partial charge in [0.15, 0.2) is 0 Å². The van der Waals surface area contributed by atoms with Crippen LogP contribution >= 0.6 is 0 Å². The smallest absolute Gasteiger partial charge is 0.334 e. The lowest BCUT2D eigenvalue weighted by atomic mass is 10.4. The number of hydroxylamine groups is 2. The summed E-state index contributed by atoms with van der Waals surface area (Å²) in [4.78, 5) is 65.1. The molecule has 0 aromatic heterocycles. The van der Waals surface area contributed by atoms with Crippen LogP contribution in [0.25, 0.3) is 0 Å². The predicted octanol–water partition coefficient (Wildman–Crippen LogP) is -0.129. The fraction of sp³-hybridized carbons (Fsp3) is 0.737. The Hall–Kier alpha value is -2.49. The minimum atomic E-state index is -0.769. The molecule has 2 aliphatic heterocycles. The molecule has 2 saturated heterocycles. The Kier molecular flexibility index (Phi) is 9.04. The van der Waals surface area contributed by atoms with Crippen LogP contribution in [-0.2, 0) is 28.8 Å². The zero-order valence-electron chi connectivity index (χ0n) is 16.9. The Morgan fingerprint density at radius 3 is 2.38 bits per heavy atom. The van der Waals surface area contributed by atoms with Gasteiger partial charge >= 0.3 is 5.97 Å². The van der Waals surface area contributed by atoms with E-state index in [2.05, 4.69) is 22.5 Å². The normalized spacial score (nSPS) is 19.5. The average Bonchev–Trinajstić information content (AvgIpc) is 3.23. The van der Waals surface area contributed by atoms with E-state index in [9.17, 15) is 24.0 Å². The summed E-state index contributed by atoms with van der Waals surface area (Å²) < 4.78 is 0. The number of nitrogens with zero attached hydrogens (tertiary/aromatic N) is 2. The van der Waals surface area contributed by atoms with Crippen LogP contribution in [-0.4, -0.2) is 71.8 Å². The molecular formula is C19H30N4O6. The highest BCUT2D eigenvalue weighted by molar-refractivity contribution is 6.01. The molecule has 0 spiro atoms. The monoisotopic (exact) mass is 419 g/mol. The molecule has 10 nitrogen and oxygen atoms in total. The van der Waals surface area contributed by atoms with Crippen molar-refractivity contribution in [3.63, 3.8) is 0 Å². The SMILES string of the molecule is C[13CH2][13CH2][13CH]1[13CH2][13CH2][13CH2][15N]1[13CH2]C(=O)NCCC(=O)NCC[13C](=O)ON1C(=O)CCC1=O. The summed E-state index contributed by atoms with van der Waals surface area (Å²) in [6.07, 6.45) is 4.44. The molecular weight excluding hydrogens is 389 g/mol. The molecule has 0 aromatic rings. The van der Waals surface area contributed by atoms with Crippen molar-refractivity contribution in [2.75, 3.05) is 26.2 Å². The molecule has 0 aliphatic carbocycles. The average molecular weight is 419 g/mol. The third-order valence-corrected chi connectivity index (χ3v) is 4.99. The number of hydrogen-bond donors (Lipinski definition) is 2. The van der Waals surface area contributed by atoms with Crippen LogP contribution in [0.2, 0.25) is 0 Å². The van der Waals surface area contributed by atoms with Crippen molar-refractivity contribution < 1.29 is 28.8 Å². The number of carbonyl (C=O) groups is 5. The van der Waals surface area contributed by atoms with Gasteiger partial charge in [0.25, 0.3) is 11.8 Å². The molecule has 1 atom stereocenters. The Labute approximate surface area is 170 Å². The Balaban J connectivity index is 1.54. The van der Waals surface area contributed by atoms with E-state index in [1.807, 2.05) is 0 Å². The van der Waals surface area contributed by atoms with Gasteiger partial charge in [-0.25, -0.2) is 4.79 Å². The van der Waals surface area contributed by atoms with Crippen molar-refractivity contribution in [2.45, 2.75) is 64.3 Å². The van der Waals surface area contributed by atoms with Crippen LogP contribution in [0.4, 0.5) is 0 Å². The second-order valence-corrected chi connectivity index (χ2v) is 7.30. The standard InChI is InChI=1S/C19H30N4O6/c1-2-4-14-5-3-12-22(14)13-16(25)21-10-8-15(24)20-11-9-19(28)29-23-17(26)6-7-18(23)27/h14H,2-13H2,1H3,(H,20,24)(H,21,25)/i2+1,3+1,4+1,5+1,12+1,13+1,14+1,19+1,22+1. The van der Waals surface area contributed by atoms with E-state index >= 15 is 0 Å². The number of imide groups is 1. The molecule has 4 amide bonds. The van der Waals surface area contributed by atoms with Crippen molar-refractivity contribution >= 4 is 29.6 Å². The van der Waals surface area contributed by atoms with Gasteiger partial charge in [0.2, 0.25) is 11.8 Å². The summed E-state index contributed by atoms with van der Waals surface area (Å²) in [7, 11) is 0. The van der Waals surface area contributed by atoms with Crippen LogP contribution in [0.1, 0.15) is 58.3 Å². The predicted molar refractivity (Wildman–Crippen MR) is 102 cm³/mol.